The van der Waals surface area contributed by atoms with Crippen molar-refractivity contribution in [1.82, 2.24) is 5.16 Å². The van der Waals surface area contributed by atoms with Crippen molar-refractivity contribution in [3.05, 3.63) is 56.5 Å². The Kier molecular flexibility index (Phi) is 3.34. The maximum Gasteiger partial charge on any atom is 0.349 e. The molecule has 0 unspecified atom stereocenters. The molecule has 7 heteroatoms. The number of rotatable bonds is 2. The summed E-state index contributed by atoms with van der Waals surface area (Å²) in [6, 6.07) is 8.44. The lowest BCUT2D eigenvalue weighted by atomic mass is 10.2. The van der Waals surface area contributed by atoms with Crippen molar-refractivity contribution in [1.29, 1.82) is 0 Å². The Morgan fingerprint density at radius 3 is 2.81 bits per heavy atom. The predicted octanol–water partition coefficient (Wildman–Crippen LogP) is 3.10. The molecule has 21 heavy (non-hydrogen) atoms. The van der Waals surface area contributed by atoms with Crippen LogP contribution >= 0.6 is 15.9 Å². The third kappa shape index (κ3) is 2.47. The standard InChI is InChI=1S/C14H9BrN2O4/c1-7-11(15)12(17-21-7)16-13(18)9-6-8-4-2-3-5-10(8)20-14(9)19/h2-6H,1H3,(H,16,17,18). The largest absolute Gasteiger partial charge is 0.422 e. The Balaban J connectivity index is 2.00. The third-order valence-corrected chi connectivity index (χ3v) is 3.84. The number of aryl methyl sites for hydroxylation is 1. The van der Waals surface area contributed by atoms with Crippen molar-refractivity contribution in [3.8, 4) is 0 Å². The maximum absolute atomic E-state index is 12.2. The normalized spacial score (nSPS) is 10.8. The highest BCUT2D eigenvalue weighted by molar-refractivity contribution is 9.10. The van der Waals surface area contributed by atoms with E-state index in [1.807, 2.05) is 0 Å². The minimum atomic E-state index is -0.706. The molecule has 1 N–H and O–H groups in total. The zero-order valence-corrected chi connectivity index (χ0v) is 12.4. The van der Waals surface area contributed by atoms with Crippen molar-refractivity contribution in [2.45, 2.75) is 6.92 Å². The molecule has 3 aromatic rings. The molecule has 0 spiro atoms. The summed E-state index contributed by atoms with van der Waals surface area (Å²) in [7, 11) is 0. The second-order valence-corrected chi connectivity index (χ2v) is 5.13. The summed E-state index contributed by atoms with van der Waals surface area (Å²) in [5.74, 6) is 0.129. The number of aromatic nitrogens is 1. The van der Waals surface area contributed by atoms with Crippen LogP contribution in [0.1, 0.15) is 16.1 Å². The fourth-order valence-electron chi connectivity index (χ4n) is 1.83. The third-order valence-electron chi connectivity index (χ3n) is 2.91. The minimum absolute atomic E-state index is 0.0961. The van der Waals surface area contributed by atoms with Crippen molar-refractivity contribution in [3.63, 3.8) is 0 Å². The molecule has 0 aliphatic rings. The second kappa shape index (κ2) is 5.17. The number of carbonyl (C=O) groups excluding carboxylic acids is 1. The highest BCUT2D eigenvalue weighted by Gasteiger charge is 2.18. The SMILES string of the molecule is Cc1onc(NC(=O)c2cc3ccccc3oc2=O)c1Br. The van der Waals surface area contributed by atoms with Crippen LogP contribution in [0.2, 0.25) is 0 Å². The summed E-state index contributed by atoms with van der Waals surface area (Å²) in [5.41, 5.74) is -0.374. The summed E-state index contributed by atoms with van der Waals surface area (Å²) in [6.45, 7) is 1.69. The van der Waals surface area contributed by atoms with Gasteiger partial charge in [0.15, 0.2) is 5.82 Å². The molecule has 0 radical (unpaired) electrons. The van der Waals surface area contributed by atoms with E-state index < -0.39 is 11.5 Å². The van der Waals surface area contributed by atoms with Gasteiger partial charge >= 0.3 is 5.63 Å². The molecule has 0 fully saturated rings. The number of fused-ring (bicyclic) bond motifs is 1. The average molecular weight is 349 g/mol. The summed E-state index contributed by atoms with van der Waals surface area (Å²) < 4.78 is 10.6. The Hall–Kier alpha value is -2.41. The van der Waals surface area contributed by atoms with Crippen LogP contribution in [0.25, 0.3) is 11.0 Å². The van der Waals surface area contributed by atoms with E-state index in [1.54, 1.807) is 31.2 Å². The second-order valence-electron chi connectivity index (χ2n) is 4.34. The first-order valence-corrected chi connectivity index (χ1v) is 6.81. The molecule has 0 saturated carbocycles. The van der Waals surface area contributed by atoms with Crippen LogP contribution in [0.5, 0.6) is 0 Å². The van der Waals surface area contributed by atoms with Gasteiger partial charge in [0.25, 0.3) is 5.91 Å². The summed E-state index contributed by atoms with van der Waals surface area (Å²) in [4.78, 5) is 24.0. The average Bonchev–Trinajstić information content (AvgIpc) is 2.78. The predicted molar refractivity (Wildman–Crippen MR) is 79.4 cm³/mol. The summed E-state index contributed by atoms with van der Waals surface area (Å²) in [6.07, 6.45) is 0. The molecule has 3 rings (SSSR count). The van der Waals surface area contributed by atoms with Crippen LogP contribution in [0, 0.1) is 6.92 Å². The number of para-hydroxylation sites is 1. The lowest BCUT2D eigenvalue weighted by Crippen LogP contribution is -2.21. The van der Waals surface area contributed by atoms with Gasteiger partial charge in [-0.3, -0.25) is 4.79 Å². The molecule has 106 valence electrons. The van der Waals surface area contributed by atoms with Crippen LogP contribution < -0.4 is 10.9 Å². The number of hydrogen-bond acceptors (Lipinski definition) is 5. The van der Waals surface area contributed by atoms with Gasteiger partial charge in [0.1, 0.15) is 21.4 Å². The van der Waals surface area contributed by atoms with Crippen molar-refractivity contribution in [2.24, 2.45) is 0 Å². The molecule has 1 aromatic carbocycles. The molecule has 1 amide bonds. The molecule has 2 heterocycles. The van der Waals surface area contributed by atoms with Gasteiger partial charge in [-0.05, 0) is 35.0 Å². The molecule has 0 saturated heterocycles. The number of amides is 1. The highest BCUT2D eigenvalue weighted by Crippen LogP contribution is 2.25. The lowest BCUT2D eigenvalue weighted by molar-refractivity contribution is 0.102. The number of hydrogen-bond donors (Lipinski definition) is 1. The van der Waals surface area contributed by atoms with Gasteiger partial charge in [-0.2, -0.15) is 0 Å². The molecular formula is C14H9BrN2O4. The number of anilines is 1. The Morgan fingerprint density at radius 1 is 1.33 bits per heavy atom. The zero-order valence-electron chi connectivity index (χ0n) is 10.8. The molecule has 6 nitrogen and oxygen atoms in total. The van der Waals surface area contributed by atoms with Crippen LogP contribution in [-0.2, 0) is 0 Å². The fraction of sp³-hybridized carbons (Fsp3) is 0.0714. The van der Waals surface area contributed by atoms with E-state index in [0.717, 1.165) is 0 Å². The van der Waals surface area contributed by atoms with E-state index in [4.69, 9.17) is 8.94 Å². The van der Waals surface area contributed by atoms with Crippen LogP contribution in [0.15, 0.2) is 48.5 Å². The van der Waals surface area contributed by atoms with Crippen molar-refractivity contribution >= 4 is 38.6 Å². The van der Waals surface area contributed by atoms with E-state index in [-0.39, 0.29) is 11.4 Å². The highest BCUT2D eigenvalue weighted by atomic mass is 79.9. The lowest BCUT2D eigenvalue weighted by Gasteiger charge is -2.02. The fourth-order valence-corrected chi connectivity index (χ4v) is 2.08. The smallest absolute Gasteiger partial charge is 0.349 e. The molecular weight excluding hydrogens is 340 g/mol. The van der Waals surface area contributed by atoms with Gasteiger partial charge in [0.05, 0.1) is 0 Å². The number of nitrogens with one attached hydrogen (secondary N) is 1. The Labute approximate surface area is 126 Å². The number of nitrogens with zero attached hydrogens (tertiary/aromatic N) is 1. The topological polar surface area (TPSA) is 85.3 Å². The zero-order chi connectivity index (χ0) is 15.0. The van der Waals surface area contributed by atoms with Gasteiger partial charge in [-0.1, -0.05) is 23.4 Å². The first-order chi connectivity index (χ1) is 10.1. The van der Waals surface area contributed by atoms with Crippen molar-refractivity contribution in [2.75, 3.05) is 5.32 Å². The first-order valence-electron chi connectivity index (χ1n) is 6.02. The van der Waals surface area contributed by atoms with Crippen LogP contribution in [0.3, 0.4) is 0 Å². The van der Waals surface area contributed by atoms with Gasteiger partial charge in [-0.15, -0.1) is 0 Å². The van der Waals surface area contributed by atoms with E-state index in [1.165, 1.54) is 6.07 Å². The van der Waals surface area contributed by atoms with Crippen LogP contribution in [0.4, 0.5) is 5.82 Å². The first kappa shape index (κ1) is 13.6. The summed E-state index contributed by atoms with van der Waals surface area (Å²) >= 11 is 3.24. The monoisotopic (exact) mass is 348 g/mol. The maximum atomic E-state index is 12.2. The molecule has 0 bridgehead atoms. The quantitative estimate of drug-likeness (QED) is 0.719. The number of halogens is 1. The minimum Gasteiger partial charge on any atom is -0.422 e. The van der Waals surface area contributed by atoms with E-state index in [0.29, 0.717) is 21.2 Å². The molecule has 0 atom stereocenters. The Morgan fingerprint density at radius 2 is 2.10 bits per heavy atom. The van der Waals surface area contributed by atoms with E-state index >= 15 is 0 Å². The molecule has 2 aromatic heterocycles. The van der Waals surface area contributed by atoms with Crippen LogP contribution in [-0.4, -0.2) is 11.1 Å². The number of carbonyl (C=O) groups is 1. The summed E-state index contributed by atoms with van der Waals surface area (Å²) in [5, 5.41) is 6.85. The van der Waals surface area contributed by atoms with E-state index in [9.17, 15) is 9.59 Å². The number of benzene rings is 1. The molecule has 0 aliphatic carbocycles. The van der Waals surface area contributed by atoms with Crippen molar-refractivity contribution < 1.29 is 13.7 Å². The molecule has 0 aliphatic heterocycles. The van der Waals surface area contributed by atoms with Gasteiger partial charge < -0.3 is 14.3 Å². The Bertz CT molecular complexity index is 897. The van der Waals surface area contributed by atoms with Gasteiger partial charge in [-0.25, -0.2) is 4.79 Å². The van der Waals surface area contributed by atoms with Gasteiger partial charge in [0.2, 0.25) is 0 Å². The van der Waals surface area contributed by atoms with Gasteiger partial charge in [0, 0.05) is 5.39 Å². The van der Waals surface area contributed by atoms with E-state index in [2.05, 4.69) is 26.4 Å².